The number of piperazine rings is 1. The Kier molecular flexibility index (Phi) is 5.02. The lowest BCUT2D eigenvalue weighted by Crippen LogP contribution is -2.44. The molecule has 0 N–H and O–H groups in total. The normalized spacial score (nSPS) is 20.7. The van der Waals surface area contributed by atoms with Crippen molar-refractivity contribution in [1.82, 2.24) is 19.9 Å². The van der Waals surface area contributed by atoms with Gasteiger partial charge >= 0.3 is 0 Å². The highest BCUT2D eigenvalue weighted by atomic mass is 15.3. The van der Waals surface area contributed by atoms with E-state index in [0.717, 1.165) is 50.8 Å². The number of aryl methyl sites for hydroxylation is 1. The van der Waals surface area contributed by atoms with E-state index < -0.39 is 0 Å². The molecule has 1 aliphatic heterocycles. The van der Waals surface area contributed by atoms with E-state index in [1.54, 1.807) is 6.33 Å². The molecule has 4 rings (SSSR count). The minimum atomic E-state index is 0.479. The van der Waals surface area contributed by atoms with Crippen LogP contribution in [0.15, 0.2) is 30.7 Å². The van der Waals surface area contributed by atoms with Crippen molar-refractivity contribution in [2.24, 2.45) is 0 Å². The summed E-state index contributed by atoms with van der Waals surface area (Å²) in [6.07, 6.45) is 7.22. The molecule has 1 atom stereocenters. The highest BCUT2D eigenvalue weighted by Crippen LogP contribution is 2.31. The second kappa shape index (κ2) is 7.58. The summed E-state index contributed by atoms with van der Waals surface area (Å²) in [5.41, 5.74) is 2.69. The number of likely N-dealkylation sites (N-methyl/N-ethyl adjacent to an activating group) is 2. The average Bonchev–Trinajstić information content (AvgIpc) is 2.69. The van der Waals surface area contributed by atoms with Crippen LogP contribution >= 0.6 is 0 Å². The fourth-order valence-corrected chi connectivity index (χ4v) is 4.06. The van der Waals surface area contributed by atoms with Gasteiger partial charge < -0.3 is 14.7 Å². The molecule has 0 amide bonds. The van der Waals surface area contributed by atoms with E-state index in [2.05, 4.69) is 61.9 Å². The third kappa shape index (κ3) is 3.65. The molecule has 0 radical (unpaired) electrons. The maximum absolute atomic E-state index is 4.67. The Hall–Kier alpha value is -2.21. The summed E-state index contributed by atoms with van der Waals surface area (Å²) in [6.45, 7) is 5.16. The van der Waals surface area contributed by atoms with Crippen molar-refractivity contribution < 1.29 is 0 Å². The Bertz CT molecular complexity index is 741. The summed E-state index contributed by atoms with van der Waals surface area (Å²) < 4.78 is 0. The number of hydrogen-bond acceptors (Lipinski definition) is 6. The van der Waals surface area contributed by atoms with E-state index >= 15 is 0 Å². The summed E-state index contributed by atoms with van der Waals surface area (Å²) in [5.74, 6) is 2.51. The smallest absolute Gasteiger partial charge is 0.134 e. The molecule has 2 aromatic heterocycles. The van der Waals surface area contributed by atoms with Gasteiger partial charge in [0.15, 0.2) is 0 Å². The average molecular weight is 352 g/mol. The molecule has 2 aromatic rings. The molecule has 1 aliphatic carbocycles. The van der Waals surface area contributed by atoms with Crippen molar-refractivity contribution in [3.8, 4) is 0 Å². The van der Waals surface area contributed by atoms with Crippen LogP contribution in [0.2, 0.25) is 0 Å². The quantitative estimate of drug-likeness (QED) is 0.841. The van der Waals surface area contributed by atoms with Crippen LogP contribution in [0.4, 0.5) is 11.6 Å². The zero-order valence-electron chi connectivity index (χ0n) is 15.8. The Morgan fingerprint density at radius 2 is 2.00 bits per heavy atom. The van der Waals surface area contributed by atoms with Crippen LogP contribution < -0.4 is 9.80 Å². The van der Waals surface area contributed by atoms with Gasteiger partial charge in [-0.2, -0.15) is 0 Å². The van der Waals surface area contributed by atoms with E-state index in [-0.39, 0.29) is 0 Å². The minimum Gasteiger partial charge on any atom is -0.359 e. The van der Waals surface area contributed by atoms with Gasteiger partial charge in [-0.1, -0.05) is 6.07 Å². The number of aromatic nitrogens is 3. The number of nitrogens with zero attached hydrogens (tertiary/aromatic N) is 6. The first kappa shape index (κ1) is 17.2. The van der Waals surface area contributed by atoms with Crippen LogP contribution in [0, 0.1) is 0 Å². The van der Waals surface area contributed by atoms with Crippen molar-refractivity contribution >= 4 is 11.6 Å². The molecule has 2 aliphatic rings. The number of hydrogen-bond donors (Lipinski definition) is 0. The van der Waals surface area contributed by atoms with Gasteiger partial charge in [-0.25, -0.2) is 9.97 Å². The van der Waals surface area contributed by atoms with Crippen LogP contribution in [-0.4, -0.2) is 66.7 Å². The molecule has 0 saturated carbocycles. The van der Waals surface area contributed by atoms with Crippen LogP contribution in [-0.2, 0) is 6.42 Å². The molecule has 1 unspecified atom stereocenters. The molecule has 3 heterocycles. The van der Waals surface area contributed by atoms with Crippen molar-refractivity contribution in [3.05, 3.63) is 42.0 Å². The van der Waals surface area contributed by atoms with Crippen molar-refractivity contribution in [3.63, 3.8) is 0 Å². The van der Waals surface area contributed by atoms with Gasteiger partial charge in [-0.05, 0) is 37.9 Å². The van der Waals surface area contributed by atoms with Gasteiger partial charge in [0, 0.05) is 63.6 Å². The van der Waals surface area contributed by atoms with Gasteiger partial charge in [0.25, 0.3) is 0 Å². The van der Waals surface area contributed by atoms with Crippen LogP contribution in [0.5, 0.6) is 0 Å². The second-order valence-electron chi connectivity index (χ2n) is 7.54. The molecule has 6 nitrogen and oxygen atoms in total. The predicted octanol–water partition coefficient (Wildman–Crippen LogP) is 2.18. The van der Waals surface area contributed by atoms with Gasteiger partial charge in [0.1, 0.15) is 18.0 Å². The topological polar surface area (TPSA) is 48.4 Å². The summed E-state index contributed by atoms with van der Waals surface area (Å²) in [7, 11) is 4.31. The molecular weight excluding hydrogens is 324 g/mol. The molecule has 0 spiro atoms. The largest absolute Gasteiger partial charge is 0.359 e. The summed E-state index contributed by atoms with van der Waals surface area (Å²) >= 11 is 0. The van der Waals surface area contributed by atoms with Crippen LogP contribution in [0.1, 0.15) is 30.0 Å². The Morgan fingerprint density at radius 3 is 2.85 bits per heavy atom. The second-order valence-corrected chi connectivity index (χ2v) is 7.54. The van der Waals surface area contributed by atoms with Gasteiger partial charge in [0.05, 0.1) is 0 Å². The number of rotatable bonds is 4. The molecule has 6 heteroatoms. The summed E-state index contributed by atoms with van der Waals surface area (Å²) in [6, 6.07) is 6.41. The third-order valence-corrected chi connectivity index (χ3v) is 5.66. The molecular formula is C20H28N6. The van der Waals surface area contributed by atoms with E-state index in [0.29, 0.717) is 5.92 Å². The van der Waals surface area contributed by atoms with E-state index in [1.165, 1.54) is 24.1 Å². The zero-order chi connectivity index (χ0) is 17.9. The van der Waals surface area contributed by atoms with Crippen LogP contribution in [0.3, 0.4) is 0 Å². The highest BCUT2D eigenvalue weighted by molar-refractivity contribution is 5.50. The predicted molar refractivity (Wildman–Crippen MR) is 105 cm³/mol. The van der Waals surface area contributed by atoms with Gasteiger partial charge in [-0.3, -0.25) is 4.98 Å². The van der Waals surface area contributed by atoms with Crippen molar-refractivity contribution in [1.29, 1.82) is 0 Å². The lowest BCUT2D eigenvalue weighted by atomic mass is 9.86. The Morgan fingerprint density at radius 1 is 1.15 bits per heavy atom. The maximum Gasteiger partial charge on any atom is 0.134 e. The highest BCUT2D eigenvalue weighted by Gasteiger charge is 2.23. The van der Waals surface area contributed by atoms with Gasteiger partial charge in [-0.15, -0.1) is 0 Å². The number of pyridine rings is 1. The fraction of sp³-hybridized carbons (Fsp3) is 0.550. The van der Waals surface area contributed by atoms with Crippen LogP contribution in [0.25, 0.3) is 0 Å². The first-order valence-corrected chi connectivity index (χ1v) is 9.61. The third-order valence-electron chi connectivity index (χ3n) is 5.66. The van der Waals surface area contributed by atoms with Crippen molar-refractivity contribution in [2.45, 2.75) is 25.2 Å². The minimum absolute atomic E-state index is 0.479. The monoisotopic (exact) mass is 352 g/mol. The van der Waals surface area contributed by atoms with E-state index in [1.807, 2.05) is 6.20 Å². The number of fused-ring (bicyclic) bond motifs is 1. The maximum atomic E-state index is 4.67. The fourth-order valence-electron chi connectivity index (χ4n) is 4.06. The molecule has 1 saturated heterocycles. The first-order valence-electron chi connectivity index (χ1n) is 9.61. The number of anilines is 2. The zero-order valence-corrected chi connectivity index (χ0v) is 15.8. The summed E-state index contributed by atoms with van der Waals surface area (Å²) in [4.78, 5) is 20.7. The molecule has 0 aromatic carbocycles. The SMILES string of the molecule is CN1CCN(c2cc(N(C)CC3CCCc4cccnc43)ncn2)CC1. The Labute approximate surface area is 155 Å². The molecule has 0 bridgehead atoms. The molecule has 26 heavy (non-hydrogen) atoms. The molecule has 1 fully saturated rings. The Balaban J connectivity index is 1.47. The lowest BCUT2D eigenvalue weighted by molar-refractivity contribution is 0.312. The van der Waals surface area contributed by atoms with Gasteiger partial charge in [0.2, 0.25) is 0 Å². The van der Waals surface area contributed by atoms with E-state index in [9.17, 15) is 0 Å². The van der Waals surface area contributed by atoms with E-state index in [4.69, 9.17) is 0 Å². The van der Waals surface area contributed by atoms with Crippen molar-refractivity contribution in [2.75, 3.05) is 56.6 Å². The standard InChI is InChI=1S/C20H28N6/c1-24-9-11-26(12-10-24)19-13-18(22-15-23-19)25(2)14-17-6-3-5-16-7-4-8-21-20(16)17/h4,7-8,13,15,17H,3,5-6,9-12,14H2,1-2H3. The molecule has 138 valence electrons. The first-order chi connectivity index (χ1) is 12.7. The lowest BCUT2D eigenvalue weighted by Gasteiger charge is -2.33. The summed E-state index contributed by atoms with van der Waals surface area (Å²) in [5, 5.41) is 0.